The monoisotopic (exact) mass is 543 g/mol. The smallest absolute Gasteiger partial charge is 0.259 e. The lowest BCUT2D eigenvalue weighted by molar-refractivity contribution is 0.0606. The highest BCUT2D eigenvalue weighted by molar-refractivity contribution is 6.04. The average Bonchev–Trinajstić information content (AvgIpc) is 3.49. The molecule has 9 nitrogen and oxygen atoms in total. The molecule has 1 N–H and O–H groups in total. The van der Waals surface area contributed by atoms with Gasteiger partial charge < -0.3 is 14.6 Å². The first kappa shape index (κ1) is 26.8. The van der Waals surface area contributed by atoms with E-state index < -0.39 is 0 Å². The summed E-state index contributed by atoms with van der Waals surface area (Å²) in [5.74, 6) is 0.509. The Morgan fingerprint density at radius 2 is 1.95 bits per heavy atom. The fraction of sp³-hybridized carbons (Fsp3) is 0.516. The number of aromatic amines is 1. The molecule has 2 saturated heterocycles. The van der Waals surface area contributed by atoms with Crippen molar-refractivity contribution >= 4 is 27.5 Å². The third kappa shape index (κ3) is 4.97. The SMILES string of the molecule is CC=C(c1cc2c(cc1C)[nH]c(=O)c1cnn(CC3CCOCC3)c12)N1CCN(Cc2cc(C)nn2C)[C@@H](C)C1. The molecule has 9 heteroatoms. The molecule has 1 aromatic carbocycles. The van der Waals surface area contributed by atoms with Crippen LogP contribution in [-0.2, 0) is 24.9 Å². The largest absolute Gasteiger partial charge is 0.381 e. The molecular formula is C31H41N7O2. The number of fused-ring (bicyclic) bond motifs is 3. The molecule has 4 aromatic rings. The summed E-state index contributed by atoms with van der Waals surface area (Å²) >= 11 is 0. The first-order chi connectivity index (χ1) is 19.3. The highest BCUT2D eigenvalue weighted by Gasteiger charge is 2.27. The van der Waals surface area contributed by atoms with Crippen LogP contribution >= 0.6 is 0 Å². The molecule has 0 spiro atoms. The zero-order valence-corrected chi connectivity index (χ0v) is 24.4. The van der Waals surface area contributed by atoms with E-state index in [9.17, 15) is 4.79 Å². The number of rotatable bonds is 6. The van der Waals surface area contributed by atoms with Crippen LogP contribution < -0.4 is 5.56 Å². The van der Waals surface area contributed by atoms with Crippen LogP contribution in [0, 0.1) is 19.8 Å². The molecule has 0 aliphatic carbocycles. The second-order valence-corrected chi connectivity index (χ2v) is 11.7. The number of nitrogens with zero attached hydrogens (tertiary/aromatic N) is 6. The van der Waals surface area contributed by atoms with Gasteiger partial charge in [-0.25, -0.2) is 0 Å². The zero-order chi connectivity index (χ0) is 28.0. The molecule has 212 valence electrons. The number of pyridine rings is 1. The van der Waals surface area contributed by atoms with Crippen molar-refractivity contribution in [1.29, 1.82) is 0 Å². The molecule has 3 aromatic heterocycles. The van der Waals surface area contributed by atoms with E-state index in [1.165, 1.54) is 17.0 Å². The van der Waals surface area contributed by atoms with Gasteiger partial charge in [-0.2, -0.15) is 10.2 Å². The molecule has 40 heavy (non-hydrogen) atoms. The van der Waals surface area contributed by atoms with E-state index in [0.29, 0.717) is 17.3 Å². The first-order valence-electron chi connectivity index (χ1n) is 14.6. The summed E-state index contributed by atoms with van der Waals surface area (Å²) in [5.41, 5.74) is 7.67. The number of aryl methyl sites for hydroxylation is 3. The second kappa shape index (κ2) is 10.9. The number of aromatic nitrogens is 5. The van der Waals surface area contributed by atoms with Crippen molar-refractivity contribution in [2.24, 2.45) is 13.0 Å². The number of benzene rings is 1. The van der Waals surface area contributed by atoms with E-state index in [-0.39, 0.29) is 5.56 Å². The molecule has 6 rings (SSSR count). The topological polar surface area (TPSA) is 84.2 Å². The zero-order valence-electron chi connectivity index (χ0n) is 24.4. The summed E-state index contributed by atoms with van der Waals surface area (Å²) in [6.45, 7) is 14.9. The quantitative estimate of drug-likeness (QED) is 0.392. The molecule has 0 radical (unpaired) electrons. The molecule has 2 aliphatic rings. The van der Waals surface area contributed by atoms with Crippen molar-refractivity contribution < 1.29 is 4.74 Å². The summed E-state index contributed by atoms with van der Waals surface area (Å²) < 4.78 is 9.62. The fourth-order valence-corrected chi connectivity index (χ4v) is 6.60. The van der Waals surface area contributed by atoms with Gasteiger partial charge in [0.15, 0.2) is 0 Å². The Balaban J connectivity index is 1.31. The van der Waals surface area contributed by atoms with Crippen LogP contribution in [0.3, 0.4) is 0 Å². The van der Waals surface area contributed by atoms with E-state index in [2.05, 4.69) is 81.6 Å². The van der Waals surface area contributed by atoms with Crippen LogP contribution in [0.5, 0.6) is 0 Å². The van der Waals surface area contributed by atoms with Gasteiger partial charge in [0.2, 0.25) is 0 Å². The minimum Gasteiger partial charge on any atom is -0.381 e. The van der Waals surface area contributed by atoms with Crippen molar-refractivity contribution in [1.82, 2.24) is 34.3 Å². The molecule has 1 atom stereocenters. The Hall–Kier alpha value is -3.43. The molecule has 0 bridgehead atoms. The molecular weight excluding hydrogens is 502 g/mol. The van der Waals surface area contributed by atoms with Gasteiger partial charge in [-0.3, -0.25) is 19.1 Å². The molecule has 0 amide bonds. The molecule has 2 fully saturated rings. The van der Waals surface area contributed by atoms with Crippen molar-refractivity contribution in [3.8, 4) is 0 Å². The Morgan fingerprint density at radius 1 is 1.15 bits per heavy atom. The van der Waals surface area contributed by atoms with E-state index in [4.69, 9.17) is 4.74 Å². The predicted molar refractivity (Wildman–Crippen MR) is 159 cm³/mol. The van der Waals surface area contributed by atoms with E-state index in [1.807, 2.05) is 11.7 Å². The lowest BCUT2D eigenvalue weighted by Crippen LogP contribution is -2.50. The van der Waals surface area contributed by atoms with Gasteiger partial charge in [0, 0.05) is 75.7 Å². The summed E-state index contributed by atoms with van der Waals surface area (Å²) in [6, 6.07) is 7.00. The fourth-order valence-electron chi connectivity index (χ4n) is 6.60. The molecule has 5 heterocycles. The Bertz CT molecular complexity index is 1620. The average molecular weight is 544 g/mol. The number of piperazine rings is 1. The molecule has 2 aliphatic heterocycles. The number of H-pyrrole nitrogens is 1. The van der Waals surface area contributed by atoms with Crippen molar-refractivity contribution in [2.45, 2.75) is 59.7 Å². The highest BCUT2D eigenvalue weighted by atomic mass is 16.5. The highest BCUT2D eigenvalue weighted by Crippen LogP contribution is 2.32. The van der Waals surface area contributed by atoms with Crippen LogP contribution in [0.4, 0.5) is 0 Å². The Kier molecular flexibility index (Phi) is 7.27. The minimum absolute atomic E-state index is 0.0762. The maximum Gasteiger partial charge on any atom is 0.259 e. The summed E-state index contributed by atoms with van der Waals surface area (Å²) in [5, 5.41) is 10.9. The molecule has 0 saturated carbocycles. The summed E-state index contributed by atoms with van der Waals surface area (Å²) in [4.78, 5) is 21.2. The number of nitrogens with one attached hydrogen (secondary N) is 1. The van der Waals surface area contributed by atoms with E-state index >= 15 is 0 Å². The van der Waals surface area contributed by atoms with Gasteiger partial charge in [0.1, 0.15) is 0 Å². The summed E-state index contributed by atoms with van der Waals surface area (Å²) in [6.07, 6.45) is 6.02. The van der Waals surface area contributed by atoms with Crippen LogP contribution in [0.2, 0.25) is 0 Å². The van der Waals surface area contributed by atoms with Gasteiger partial charge in [-0.1, -0.05) is 6.08 Å². The normalized spacial score (nSPS) is 19.8. The van der Waals surface area contributed by atoms with Crippen molar-refractivity contribution in [3.05, 3.63) is 63.3 Å². The number of ether oxygens (including phenoxy) is 1. The number of hydrogen-bond acceptors (Lipinski definition) is 6. The van der Waals surface area contributed by atoms with Crippen LogP contribution in [0.15, 0.2) is 35.3 Å². The van der Waals surface area contributed by atoms with Gasteiger partial charge >= 0.3 is 0 Å². The Labute approximate surface area is 235 Å². The maximum atomic E-state index is 13.0. The lowest BCUT2D eigenvalue weighted by Gasteiger charge is -2.42. The Morgan fingerprint density at radius 3 is 2.65 bits per heavy atom. The van der Waals surface area contributed by atoms with Crippen LogP contribution in [-0.4, -0.2) is 73.2 Å². The minimum atomic E-state index is -0.0762. The maximum absolute atomic E-state index is 13.0. The van der Waals surface area contributed by atoms with Gasteiger partial charge in [-0.15, -0.1) is 0 Å². The van der Waals surface area contributed by atoms with Gasteiger partial charge in [0.05, 0.1) is 34.0 Å². The van der Waals surface area contributed by atoms with Crippen molar-refractivity contribution in [2.75, 3.05) is 32.8 Å². The van der Waals surface area contributed by atoms with E-state index in [1.54, 1.807) is 6.20 Å². The predicted octanol–water partition coefficient (Wildman–Crippen LogP) is 4.22. The van der Waals surface area contributed by atoms with Crippen molar-refractivity contribution in [3.63, 3.8) is 0 Å². The third-order valence-corrected chi connectivity index (χ3v) is 8.84. The first-order valence-corrected chi connectivity index (χ1v) is 14.6. The van der Waals surface area contributed by atoms with Gasteiger partial charge in [-0.05, 0) is 70.2 Å². The van der Waals surface area contributed by atoms with Gasteiger partial charge in [0.25, 0.3) is 5.56 Å². The van der Waals surface area contributed by atoms with Crippen LogP contribution in [0.1, 0.15) is 49.2 Å². The summed E-state index contributed by atoms with van der Waals surface area (Å²) in [7, 11) is 2.03. The standard InChI is InChI=1S/C31H41N7O2/c1-6-29(37-10-9-36(22(4)17-37)19-24-14-21(3)34-35(24)5)25-15-26-28(13-20(25)2)33-31(39)27-16-32-38(30(26)27)18-23-7-11-40-12-8-23/h6,13-16,22-23H,7-12,17-19H2,1-5H3,(H,33,39)/t22-/m0/s1. The molecule has 0 unspecified atom stereocenters. The second-order valence-electron chi connectivity index (χ2n) is 11.7. The third-order valence-electron chi connectivity index (χ3n) is 8.84. The number of allylic oxidation sites excluding steroid dienone is 1. The lowest BCUT2D eigenvalue weighted by atomic mass is 9.98. The number of hydrogen-bond donors (Lipinski definition) is 1. The van der Waals surface area contributed by atoms with Crippen LogP contribution in [0.25, 0.3) is 27.5 Å². The van der Waals surface area contributed by atoms with E-state index in [0.717, 1.165) is 86.5 Å².